The summed E-state index contributed by atoms with van der Waals surface area (Å²) >= 11 is 0. The monoisotopic (exact) mass is 322 g/mol. The number of para-hydroxylation sites is 1. The third-order valence-electron chi connectivity index (χ3n) is 3.27. The Morgan fingerprint density at radius 1 is 1.00 bits per heavy atom. The zero-order chi connectivity index (χ0) is 12.6. The number of imidazole rings is 1. The topological polar surface area (TPSA) is 8.81 Å². The van der Waals surface area contributed by atoms with Crippen molar-refractivity contribution in [2.75, 3.05) is 0 Å². The van der Waals surface area contributed by atoms with Crippen LogP contribution >= 0.6 is 0 Å². The molecule has 104 valence electrons. The smallest absolute Gasteiger partial charge is 0.248 e. The molecule has 0 unspecified atom stereocenters. The van der Waals surface area contributed by atoms with Gasteiger partial charge in [-0.2, -0.15) is 0 Å². The van der Waals surface area contributed by atoms with Crippen molar-refractivity contribution in [3.05, 3.63) is 49.1 Å². The molecule has 0 N–H and O–H groups in total. The molecule has 1 aromatic carbocycles. The number of rotatable bonds is 7. The van der Waals surface area contributed by atoms with E-state index in [-0.39, 0.29) is 17.0 Å². The minimum Gasteiger partial charge on any atom is -1.00 e. The number of aromatic nitrogens is 2. The Hall–Kier alpha value is -1.09. The number of benzene rings is 1. The van der Waals surface area contributed by atoms with E-state index in [1.54, 1.807) is 0 Å². The van der Waals surface area contributed by atoms with Crippen molar-refractivity contribution in [2.24, 2.45) is 0 Å². The largest absolute Gasteiger partial charge is 1.00 e. The molecule has 2 aromatic rings. The summed E-state index contributed by atoms with van der Waals surface area (Å²) < 4.78 is 4.45. The lowest BCUT2D eigenvalue weighted by atomic mass is 10.1. The van der Waals surface area contributed by atoms with Crippen LogP contribution in [0.25, 0.3) is 5.69 Å². The molecule has 19 heavy (non-hydrogen) atoms. The lowest BCUT2D eigenvalue weighted by Gasteiger charge is -1.97. The first-order valence-electron chi connectivity index (χ1n) is 7.02. The highest BCUT2D eigenvalue weighted by molar-refractivity contribution is 5.30. The van der Waals surface area contributed by atoms with Gasteiger partial charge in [0.25, 0.3) is 0 Å². The SMILES string of the molecule is CCCCCCC[n+]1ccn(-c2ccccc2)c1.[Br-]. The highest BCUT2D eigenvalue weighted by atomic mass is 79.9. The Kier molecular flexibility index (Phi) is 7.49. The van der Waals surface area contributed by atoms with Crippen LogP contribution in [-0.2, 0) is 6.54 Å². The van der Waals surface area contributed by atoms with Crippen molar-refractivity contribution in [1.82, 2.24) is 4.57 Å². The number of nitrogens with zero attached hydrogens (tertiary/aromatic N) is 2. The van der Waals surface area contributed by atoms with Crippen molar-refractivity contribution in [3.63, 3.8) is 0 Å². The van der Waals surface area contributed by atoms with Gasteiger partial charge in [-0.1, -0.05) is 44.4 Å². The van der Waals surface area contributed by atoms with Gasteiger partial charge in [0.05, 0.1) is 6.54 Å². The Bertz CT molecular complexity index is 451. The first-order chi connectivity index (χ1) is 8.90. The average molecular weight is 323 g/mol. The van der Waals surface area contributed by atoms with E-state index >= 15 is 0 Å². The molecular weight excluding hydrogens is 300 g/mol. The number of halogens is 1. The number of aryl methyl sites for hydroxylation is 1. The zero-order valence-electron chi connectivity index (χ0n) is 11.6. The van der Waals surface area contributed by atoms with Crippen LogP contribution < -0.4 is 21.5 Å². The van der Waals surface area contributed by atoms with Gasteiger partial charge < -0.3 is 17.0 Å². The number of hydrogen-bond acceptors (Lipinski definition) is 0. The third kappa shape index (κ3) is 5.19. The maximum atomic E-state index is 2.28. The Balaban J connectivity index is 0.00000180. The molecule has 0 saturated heterocycles. The van der Waals surface area contributed by atoms with Gasteiger partial charge in [-0.25, -0.2) is 9.13 Å². The summed E-state index contributed by atoms with van der Waals surface area (Å²) in [7, 11) is 0. The summed E-state index contributed by atoms with van der Waals surface area (Å²) in [5.74, 6) is 0. The fraction of sp³-hybridized carbons (Fsp3) is 0.438. The summed E-state index contributed by atoms with van der Waals surface area (Å²) in [6.45, 7) is 3.39. The van der Waals surface area contributed by atoms with Crippen molar-refractivity contribution >= 4 is 0 Å². The van der Waals surface area contributed by atoms with E-state index in [1.807, 2.05) is 0 Å². The lowest BCUT2D eigenvalue weighted by molar-refractivity contribution is -0.696. The van der Waals surface area contributed by atoms with Gasteiger partial charge in [-0.05, 0) is 25.0 Å². The maximum absolute atomic E-state index is 2.28. The summed E-state index contributed by atoms with van der Waals surface area (Å²) in [6, 6.07) is 10.5. The molecule has 0 atom stereocenters. The average Bonchev–Trinajstić information content (AvgIpc) is 2.88. The maximum Gasteiger partial charge on any atom is 0.248 e. The normalized spacial score (nSPS) is 10.2. The molecule has 3 heteroatoms. The summed E-state index contributed by atoms with van der Waals surface area (Å²) in [5.41, 5.74) is 1.22. The Labute approximate surface area is 126 Å². The first-order valence-corrected chi connectivity index (χ1v) is 7.02. The molecule has 0 amide bonds. The van der Waals surface area contributed by atoms with Crippen molar-refractivity contribution in [2.45, 2.75) is 45.6 Å². The summed E-state index contributed by atoms with van der Waals surface area (Å²) in [5, 5.41) is 0. The van der Waals surface area contributed by atoms with Gasteiger partial charge in [-0.15, -0.1) is 0 Å². The molecule has 0 spiro atoms. The summed E-state index contributed by atoms with van der Waals surface area (Å²) in [6.07, 6.45) is 13.1. The van der Waals surface area contributed by atoms with Crippen LogP contribution in [0.15, 0.2) is 49.1 Å². The van der Waals surface area contributed by atoms with Crippen LogP contribution in [0.1, 0.15) is 39.0 Å². The van der Waals surface area contributed by atoms with Gasteiger partial charge in [0.1, 0.15) is 18.1 Å². The van der Waals surface area contributed by atoms with Gasteiger partial charge >= 0.3 is 0 Å². The molecule has 1 heterocycles. The number of hydrogen-bond donors (Lipinski definition) is 0. The highest BCUT2D eigenvalue weighted by Gasteiger charge is 2.05. The van der Waals surface area contributed by atoms with Gasteiger partial charge in [0.2, 0.25) is 6.33 Å². The Morgan fingerprint density at radius 2 is 1.74 bits per heavy atom. The van der Waals surface area contributed by atoms with Crippen LogP contribution in [-0.4, -0.2) is 4.57 Å². The van der Waals surface area contributed by atoms with E-state index in [9.17, 15) is 0 Å². The second-order valence-corrected chi connectivity index (χ2v) is 4.81. The van der Waals surface area contributed by atoms with Crippen LogP contribution in [0.2, 0.25) is 0 Å². The van der Waals surface area contributed by atoms with E-state index in [1.165, 1.54) is 37.8 Å². The van der Waals surface area contributed by atoms with Crippen LogP contribution in [0.4, 0.5) is 0 Å². The predicted molar refractivity (Wildman–Crippen MR) is 74.7 cm³/mol. The highest BCUT2D eigenvalue weighted by Crippen LogP contribution is 2.05. The minimum absolute atomic E-state index is 0. The Morgan fingerprint density at radius 3 is 2.47 bits per heavy atom. The molecule has 0 aliphatic rings. The molecule has 0 bridgehead atoms. The molecule has 0 saturated carbocycles. The second kappa shape index (κ2) is 8.92. The molecule has 0 radical (unpaired) electrons. The van der Waals surface area contributed by atoms with Crippen LogP contribution in [0, 0.1) is 0 Å². The second-order valence-electron chi connectivity index (χ2n) is 4.81. The summed E-state index contributed by atoms with van der Waals surface area (Å²) in [4.78, 5) is 0. The van der Waals surface area contributed by atoms with Crippen molar-refractivity contribution in [1.29, 1.82) is 0 Å². The van der Waals surface area contributed by atoms with E-state index in [4.69, 9.17) is 0 Å². The fourth-order valence-electron chi connectivity index (χ4n) is 2.18. The zero-order valence-corrected chi connectivity index (χ0v) is 13.2. The fourth-order valence-corrected chi connectivity index (χ4v) is 2.18. The molecule has 0 aliphatic carbocycles. The van der Waals surface area contributed by atoms with Gasteiger partial charge in [-0.3, -0.25) is 0 Å². The molecule has 2 rings (SSSR count). The molecule has 0 fully saturated rings. The van der Waals surface area contributed by atoms with E-state index in [0.29, 0.717) is 0 Å². The first kappa shape index (κ1) is 16.0. The van der Waals surface area contributed by atoms with Crippen molar-refractivity contribution < 1.29 is 21.5 Å². The van der Waals surface area contributed by atoms with Crippen LogP contribution in [0.3, 0.4) is 0 Å². The molecule has 0 aliphatic heterocycles. The van der Waals surface area contributed by atoms with Gasteiger partial charge in [0, 0.05) is 0 Å². The predicted octanol–water partition coefficient (Wildman–Crippen LogP) is 0.739. The quantitative estimate of drug-likeness (QED) is 0.525. The van der Waals surface area contributed by atoms with E-state index in [0.717, 1.165) is 6.54 Å². The standard InChI is InChI=1S/C16H23N2.BrH/c1-2-3-4-5-9-12-17-13-14-18(15-17)16-10-7-6-8-11-16;/h6-8,10-11,13-15H,2-5,9,12H2,1H3;1H/q+1;/p-1. The van der Waals surface area contributed by atoms with Crippen LogP contribution in [0.5, 0.6) is 0 Å². The molecule has 2 nitrogen and oxygen atoms in total. The minimum atomic E-state index is 0. The molecular formula is C16H23BrN2. The van der Waals surface area contributed by atoms with Crippen molar-refractivity contribution in [3.8, 4) is 5.69 Å². The third-order valence-corrected chi connectivity index (χ3v) is 3.27. The van der Waals surface area contributed by atoms with E-state index < -0.39 is 0 Å². The molecule has 1 aromatic heterocycles. The van der Waals surface area contributed by atoms with E-state index in [2.05, 4.69) is 65.1 Å². The number of unbranched alkanes of at least 4 members (excludes halogenated alkanes) is 4. The lowest BCUT2D eigenvalue weighted by Crippen LogP contribution is -3.00. The van der Waals surface area contributed by atoms with Gasteiger partial charge in [0.15, 0.2) is 0 Å².